The predicted octanol–water partition coefficient (Wildman–Crippen LogP) is 3.51. The molecular weight excluding hydrogens is 548 g/mol. The fourth-order valence-corrected chi connectivity index (χ4v) is 4.14. The van der Waals surface area contributed by atoms with Crippen molar-refractivity contribution >= 4 is 57.1 Å². The van der Waals surface area contributed by atoms with Crippen LogP contribution in [0.2, 0.25) is 0 Å². The number of phenolic OH excluding ortho intramolecular Hbond substituents is 1. The molecule has 0 bridgehead atoms. The number of aromatic hydroxyl groups is 1. The summed E-state index contributed by atoms with van der Waals surface area (Å²) in [6, 6.07) is 11.5. The standard InChI is InChI=1S/C18H17I2NO4/c1-2-25-18(24)15(21-17(23)12-6-4-3-5-7-12)10-11-8-13(19)16(22)14(20)9-11/h3-9,15,22H,2,10H2,1H3,(H,21,23)/t15-/m0/s1. The van der Waals surface area contributed by atoms with Gasteiger partial charge in [-0.3, -0.25) is 4.79 Å². The first-order valence-corrected chi connectivity index (χ1v) is 9.77. The normalized spacial score (nSPS) is 11.6. The first kappa shape index (κ1) is 20.0. The minimum Gasteiger partial charge on any atom is -0.506 e. The average molecular weight is 565 g/mol. The molecule has 0 aliphatic heterocycles. The highest BCUT2D eigenvalue weighted by atomic mass is 127. The van der Waals surface area contributed by atoms with Gasteiger partial charge >= 0.3 is 5.97 Å². The van der Waals surface area contributed by atoms with E-state index in [1.54, 1.807) is 43.3 Å². The van der Waals surface area contributed by atoms with Crippen molar-refractivity contribution in [1.82, 2.24) is 5.32 Å². The zero-order chi connectivity index (χ0) is 18.4. The van der Waals surface area contributed by atoms with Gasteiger partial charge in [0.05, 0.1) is 13.7 Å². The quantitative estimate of drug-likeness (QED) is 0.416. The number of carbonyl (C=O) groups is 2. The van der Waals surface area contributed by atoms with Crippen molar-refractivity contribution in [2.75, 3.05) is 6.61 Å². The van der Waals surface area contributed by atoms with Crippen molar-refractivity contribution < 1.29 is 19.4 Å². The number of carbonyl (C=O) groups excluding carboxylic acids is 2. The molecule has 0 radical (unpaired) electrons. The molecule has 2 aromatic carbocycles. The third kappa shape index (κ3) is 5.56. The van der Waals surface area contributed by atoms with E-state index < -0.39 is 12.0 Å². The highest BCUT2D eigenvalue weighted by molar-refractivity contribution is 14.1. The molecule has 0 saturated heterocycles. The van der Waals surface area contributed by atoms with Gasteiger partial charge in [-0.1, -0.05) is 18.2 Å². The Kier molecular flexibility index (Phi) is 7.48. The SMILES string of the molecule is CCOC(=O)[C@H](Cc1cc(I)c(O)c(I)c1)NC(=O)c1ccccc1. The Labute approximate surface area is 173 Å². The number of hydrogen-bond donors (Lipinski definition) is 2. The highest BCUT2D eigenvalue weighted by Crippen LogP contribution is 2.28. The third-order valence-electron chi connectivity index (χ3n) is 3.43. The molecule has 2 rings (SSSR count). The zero-order valence-corrected chi connectivity index (χ0v) is 17.8. The smallest absolute Gasteiger partial charge is 0.328 e. The number of benzene rings is 2. The van der Waals surface area contributed by atoms with Crippen molar-refractivity contribution in [3.63, 3.8) is 0 Å². The molecule has 0 spiro atoms. The molecule has 25 heavy (non-hydrogen) atoms. The second kappa shape index (κ2) is 9.37. The molecule has 7 heteroatoms. The molecule has 0 fully saturated rings. The monoisotopic (exact) mass is 565 g/mol. The van der Waals surface area contributed by atoms with Crippen LogP contribution >= 0.6 is 45.2 Å². The molecule has 1 amide bonds. The molecule has 0 aromatic heterocycles. The first-order chi connectivity index (χ1) is 11.9. The second-order valence-corrected chi connectivity index (χ2v) is 7.58. The van der Waals surface area contributed by atoms with Crippen molar-refractivity contribution in [2.24, 2.45) is 0 Å². The maximum atomic E-state index is 12.4. The Morgan fingerprint density at radius 1 is 1.16 bits per heavy atom. The van der Waals surface area contributed by atoms with E-state index in [0.717, 1.165) is 5.56 Å². The van der Waals surface area contributed by atoms with Gasteiger partial charge in [-0.05, 0) is 81.9 Å². The summed E-state index contributed by atoms with van der Waals surface area (Å²) >= 11 is 4.07. The molecule has 5 nitrogen and oxygen atoms in total. The molecule has 0 saturated carbocycles. The van der Waals surface area contributed by atoms with Gasteiger partial charge in [-0.2, -0.15) is 0 Å². The van der Waals surface area contributed by atoms with Crippen molar-refractivity contribution in [1.29, 1.82) is 0 Å². The minimum absolute atomic E-state index is 0.214. The second-order valence-electron chi connectivity index (χ2n) is 5.26. The Bertz CT molecular complexity index is 742. The number of hydrogen-bond acceptors (Lipinski definition) is 4. The lowest BCUT2D eigenvalue weighted by Gasteiger charge is -2.18. The van der Waals surface area contributed by atoms with Crippen molar-refractivity contribution in [3.05, 3.63) is 60.7 Å². The van der Waals surface area contributed by atoms with E-state index in [0.29, 0.717) is 12.7 Å². The van der Waals surface area contributed by atoms with E-state index >= 15 is 0 Å². The lowest BCUT2D eigenvalue weighted by atomic mass is 10.0. The fourth-order valence-electron chi connectivity index (χ4n) is 2.24. The number of rotatable bonds is 6. The zero-order valence-electron chi connectivity index (χ0n) is 13.5. The molecule has 2 aromatic rings. The lowest BCUT2D eigenvalue weighted by Crippen LogP contribution is -2.43. The van der Waals surface area contributed by atoms with Crippen LogP contribution in [0.3, 0.4) is 0 Å². The third-order valence-corrected chi connectivity index (χ3v) is 5.07. The van der Waals surface area contributed by atoms with Gasteiger partial charge in [-0.25, -0.2) is 4.79 Å². The fraction of sp³-hybridized carbons (Fsp3) is 0.222. The largest absolute Gasteiger partial charge is 0.506 e. The molecular formula is C18H17I2NO4. The molecule has 0 aliphatic rings. The minimum atomic E-state index is -0.802. The van der Waals surface area contributed by atoms with E-state index in [1.165, 1.54) is 0 Å². The van der Waals surface area contributed by atoms with Crippen LogP contribution in [0.1, 0.15) is 22.8 Å². The summed E-state index contributed by atoms with van der Waals surface area (Å²) in [5, 5.41) is 12.6. The lowest BCUT2D eigenvalue weighted by molar-refractivity contribution is -0.145. The summed E-state index contributed by atoms with van der Waals surface area (Å²) in [6.07, 6.45) is 0.281. The average Bonchev–Trinajstić information content (AvgIpc) is 2.60. The van der Waals surface area contributed by atoms with E-state index in [4.69, 9.17) is 4.74 Å². The maximum absolute atomic E-state index is 12.4. The van der Waals surface area contributed by atoms with Crippen LogP contribution in [0.5, 0.6) is 5.75 Å². The van der Waals surface area contributed by atoms with Crippen LogP contribution in [0.4, 0.5) is 0 Å². The van der Waals surface area contributed by atoms with Gasteiger partial charge in [0, 0.05) is 12.0 Å². The summed E-state index contributed by atoms with van der Waals surface area (Å²) < 4.78 is 6.47. The topological polar surface area (TPSA) is 75.6 Å². The van der Waals surface area contributed by atoms with Gasteiger partial charge in [0.15, 0.2) is 0 Å². The number of ether oxygens (including phenoxy) is 1. The Morgan fingerprint density at radius 2 is 1.76 bits per heavy atom. The first-order valence-electron chi connectivity index (χ1n) is 7.61. The summed E-state index contributed by atoms with van der Waals surface area (Å²) in [5.74, 6) is -0.599. The van der Waals surface area contributed by atoms with E-state index in [-0.39, 0.29) is 24.7 Å². The van der Waals surface area contributed by atoms with E-state index in [2.05, 4.69) is 5.32 Å². The molecule has 0 heterocycles. The van der Waals surface area contributed by atoms with Crippen molar-refractivity contribution in [2.45, 2.75) is 19.4 Å². The molecule has 132 valence electrons. The van der Waals surface area contributed by atoms with Gasteiger partial charge < -0.3 is 15.2 Å². The molecule has 2 N–H and O–H groups in total. The Balaban J connectivity index is 2.21. The summed E-state index contributed by atoms with van der Waals surface area (Å²) in [5.41, 5.74) is 1.31. The number of esters is 1. The Hall–Kier alpha value is -1.36. The number of phenols is 1. The van der Waals surface area contributed by atoms with Gasteiger partial charge in [0.2, 0.25) is 0 Å². The van der Waals surface area contributed by atoms with Gasteiger partial charge in [0.1, 0.15) is 11.8 Å². The molecule has 0 unspecified atom stereocenters. The number of amides is 1. The van der Waals surface area contributed by atoms with Crippen LogP contribution in [0.15, 0.2) is 42.5 Å². The van der Waals surface area contributed by atoms with Crippen LogP contribution in [-0.4, -0.2) is 29.6 Å². The van der Waals surface area contributed by atoms with E-state index in [9.17, 15) is 14.7 Å². The predicted molar refractivity (Wildman–Crippen MR) is 112 cm³/mol. The Morgan fingerprint density at radius 3 is 2.32 bits per heavy atom. The number of nitrogens with one attached hydrogen (secondary N) is 1. The van der Waals surface area contributed by atoms with Crippen LogP contribution in [-0.2, 0) is 16.0 Å². The molecule has 0 aliphatic carbocycles. The van der Waals surface area contributed by atoms with Gasteiger partial charge in [0.25, 0.3) is 5.91 Å². The van der Waals surface area contributed by atoms with Gasteiger partial charge in [-0.15, -0.1) is 0 Å². The summed E-state index contributed by atoms with van der Waals surface area (Å²) in [6.45, 7) is 1.96. The summed E-state index contributed by atoms with van der Waals surface area (Å²) in [7, 11) is 0. The van der Waals surface area contributed by atoms with Crippen LogP contribution in [0.25, 0.3) is 0 Å². The van der Waals surface area contributed by atoms with Crippen LogP contribution < -0.4 is 5.32 Å². The highest BCUT2D eigenvalue weighted by Gasteiger charge is 2.23. The number of halogens is 2. The van der Waals surface area contributed by atoms with Crippen molar-refractivity contribution in [3.8, 4) is 5.75 Å². The van der Waals surface area contributed by atoms with Crippen LogP contribution in [0, 0.1) is 7.14 Å². The summed E-state index contributed by atoms with van der Waals surface area (Å²) in [4.78, 5) is 24.6. The van der Waals surface area contributed by atoms with E-state index in [1.807, 2.05) is 51.2 Å². The molecule has 1 atom stereocenters. The maximum Gasteiger partial charge on any atom is 0.328 e.